The van der Waals surface area contributed by atoms with Crippen molar-refractivity contribution in [3.63, 3.8) is 0 Å². The van der Waals surface area contributed by atoms with Crippen LogP contribution in [0.5, 0.6) is 17.2 Å². The SMILES string of the molecule is COc1cc(CNc2ccc(Cl)c(Cl)c2)cc2c1OCO2. The first-order valence-corrected chi connectivity index (χ1v) is 7.08. The van der Waals surface area contributed by atoms with E-state index in [1.807, 2.05) is 18.2 Å². The molecule has 0 amide bonds. The van der Waals surface area contributed by atoms with Gasteiger partial charge in [-0.05, 0) is 35.9 Å². The second-order valence-electron chi connectivity index (χ2n) is 4.51. The molecule has 0 fully saturated rings. The van der Waals surface area contributed by atoms with Crippen LogP contribution in [-0.2, 0) is 6.54 Å². The fourth-order valence-corrected chi connectivity index (χ4v) is 2.39. The molecular weight excluding hydrogens is 313 g/mol. The summed E-state index contributed by atoms with van der Waals surface area (Å²) in [6.45, 7) is 0.820. The van der Waals surface area contributed by atoms with Crippen LogP contribution in [0.2, 0.25) is 10.0 Å². The molecule has 0 saturated carbocycles. The van der Waals surface area contributed by atoms with E-state index >= 15 is 0 Å². The van der Waals surface area contributed by atoms with Gasteiger partial charge in [-0.3, -0.25) is 0 Å². The minimum absolute atomic E-state index is 0.218. The van der Waals surface area contributed by atoms with Gasteiger partial charge in [-0.1, -0.05) is 23.2 Å². The van der Waals surface area contributed by atoms with Crippen LogP contribution in [0.3, 0.4) is 0 Å². The van der Waals surface area contributed by atoms with Gasteiger partial charge in [0, 0.05) is 12.2 Å². The molecule has 4 nitrogen and oxygen atoms in total. The van der Waals surface area contributed by atoms with Crippen LogP contribution in [0.15, 0.2) is 30.3 Å². The van der Waals surface area contributed by atoms with Gasteiger partial charge in [-0.15, -0.1) is 0 Å². The van der Waals surface area contributed by atoms with E-state index in [1.54, 1.807) is 19.2 Å². The van der Waals surface area contributed by atoms with Gasteiger partial charge in [0.1, 0.15) is 0 Å². The summed E-state index contributed by atoms with van der Waals surface area (Å²) in [5, 5.41) is 4.33. The summed E-state index contributed by atoms with van der Waals surface area (Å²) in [7, 11) is 1.60. The van der Waals surface area contributed by atoms with E-state index in [1.165, 1.54) is 0 Å². The molecule has 0 spiro atoms. The Balaban J connectivity index is 1.77. The van der Waals surface area contributed by atoms with Gasteiger partial charge in [-0.25, -0.2) is 0 Å². The molecule has 2 aromatic rings. The van der Waals surface area contributed by atoms with Gasteiger partial charge >= 0.3 is 0 Å². The summed E-state index contributed by atoms with van der Waals surface area (Å²) in [5.41, 5.74) is 1.91. The quantitative estimate of drug-likeness (QED) is 0.907. The molecule has 0 radical (unpaired) electrons. The summed E-state index contributed by atoms with van der Waals surface area (Å²) in [5.74, 6) is 2.01. The second kappa shape index (κ2) is 5.92. The Morgan fingerprint density at radius 1 is 1.14 bits per heavy atom. The van der Waals surface area contributed by atoms with E-state index in [9.17, 15) is 0 Å². The third kappa shape index (κ3) is 2.96. The molecular formula is C15H13Cl2NO3. The summed E-state index contributed by atoms with van der Waals surface area (Å²) in [6.07, 6.45) is 0. The molecule has 0 bridgehead atoms. The van der Waals surface area contributed by atoms with E-state index in [4.69, 9.17) is 37.4 Å². The maximum absolute atomic E-state index is 5.99. The van der Waals surface area contributed by atoms with Crippen LogP contribution in [0.1, 0.15) is 5.56 Å². The Hall–Kier alpha value is -1.78. The number of hydrogen-bond donors (Lipinski definition) is 1. The van der Waals surface area contributed by atoms with Crippen molar-refractivity contribution < 1.29 is 14.2 Å². The lowest BCUT2D eigenvalue weighted by Gasteiger charge is -2.10. The third-order valence-electron chi connectivity index (χ3n) is 3.13. The Bertz CT molecular complexity index is 676. The minimum Gasteiger partial charge on any atom is -0.493 e. The van der Waals surface area contributed by atoms with Crippen LogP contribution in [-0.4, -0.2) is 13.9 Å². The van der Waals surface area contributed by atoms with Gasteiger partial charge in [-0.2, -0.15) is 0 Å². The van der Waals surface area contributed by atoms with Crippen molar-refractivity contribution in [2.45, 2.75) is 6.54 Å². The largest absolute Gasteiger partial charge is 0.493 e. The van der Waals surface area contributed by atoms with Crippen LogP contribution in [0.4, 0.5) is 5.69 Å². The van der Waals surface area contributed by atoms with Crippen molar-refractivity contribution in [2.24, 2.45) is 0 Å². The lowest BCUT2D eigenvalue weighted by molar-refractivity contribution is 0.171. The number of fused-ring (bicyclic) bond motifs is 1. The highest BCUT2D eigenvalue weighted by atomic mass is 35.5. The highest BCUT2D eigenvalue weighted by molar-refractivity contribution is 6.42. The highest BCUT2D eigenvalue weighted by Crippen LogP contribution is 2.41. The van der Waals surface area contributed by atoms with Crippen molar-refractivity contribution in [3.05, 3.63) is 45.9 Å². The number of rotatable bonds is 4. The molecule has 0 saturated heterocycles. The van der Waals surface area contributed by atoms with Crippen LogP contribution in [0.25, 0.3) is 0 Å². The van der Waals surface area contributed by atoms with Crippen molar-refractivity contribution in [1.82, 2.24) is 0 Å². The lowest BCUT2D eigenvalue weighted by Crippen LogP contribution is -2.00. The summed E-state index contributed by atoms with van der Waals surface area (Å²) < 4.78 is 16.1. The first-order chi connectivity index (χ1) is 10.2. The summed E-state index contributed by atoms with van der Waals surface area (Å²) in [6, 6.07) is 9.26. The molecule has 1 aliphatic heterocycles. The van der Waals surface area contributed by atoms with Gasteiger partial charge in [0.25, 0.3) is 0 Å². The zero-order chi connectivity index (χ0) is 14.8. The average Bonchev–Trinajstić information content (AvgIpc) is 2.96. The zero-order valence-corrected chi connectivity index (χ0v) is 12.8. The minimum atomic E-state index is 0.218. The third-order valence-corrected chi connectivity index (χ3v) is 3.87. The van der Waals surface area contributed by atoms with Gasteiger partial charge < -0.3 is 19.5 Å². The van der Waals surface area contributed by atoms with E-state index < -0.39 is 0 Å². The van der Waals surface area contributed by atoms with Gasteiger partial charge in [0.15, 0.2) is 11.5 Å². The van der Waals surface area contributed by atoms with Crippen LogP contribution in [0, 0.1) is 0 Å². The van der Waals surface area contributed by atoms with Crippen molar-refractivity contribution in [2.75, 3.05) is 19.2 Å². The number of methoxy groups -OCH3 is 1. The Morgan fingerprint density at radius 3 is 2.76 bits per heavy atom. The molecule has 0 atom stereocenters. The lowest BCUT2D eigenvalue weighted by atomic mass is 10.1. The molecule has 3 rings (SSSR count). The molecule has 1 N–H and O–H groups in total. The number of benzene rings is 2. The summed E-state index contributed by atoms with van der Waals surface area (Å²) in [4.78, 5) is 0. The molecule has 110 valence electrons. The highest BCUT2D eigenvalue weighted by Gasteiger charge is 2.19. The smallest absolute Gasteiger partial charge is 0.231 e. The molecule has 6 heteroatoms. The van der Waals surface area contributed by atoms with Crippen LogP contribution < -0.4 is 19.5 Å². The first-order valence-electron chi connectivity index (χ1n) is 6.33. The molecule has 2 aromatic carbocycles. The Labute approximate surface area is 132 Å². The number of halogens is 2. The molecule has 0 aliphatic carbocycles. The van der Waals surface area contributed by atoms with Gasteiger partial charge in [0.05, 0.1) is 17.2 Å². The summed E-state index contributed by atoms with van der Waals surface area (Å²) >= 11 is 11.9. The molecule has 0 unspecified atom stereocenters. The van der Waals surface area contributed by atoms with Crippen molar-refractivity contribution in [3.8, 4) is 17.2 Å². The maximum atomic E-state index is 5.99. The Kier molecular flexibility index (Phi) is 3.99. The predicted octanol–water partition coefficient (Wildman–Crippen LogP) is 4.34. The number of hydrogen-bond acceptors (Lipinski definition) is 4. The van der Waals surface area contributed by atoms with E-state index in [0.29, 0.717) is 33.8 Å². The fourth-order valence-electron chi connectivity index (χ4n) is 2.10. The monoisotopic (exact) mass is 325 g/mol. The van der Waals surface area contributed by atoms with Gasteiger partial charge in [0.2, 0.25) is 12.5 Å². The van der Waals surface area contributed by atoms with Crippen molar-refractivity contribution >= 4 is 28.9 Å². The Morgan fingerprint density at radius 2 is 2.00 bits per heavy atom. The maximum Gasteiger partial charge on any atom is 0.231 e. The first kappa shape index (κ1) is 14.2. The predicted molar refractivity (Wildman–Crippen MR) is 82.9 cm³/mol. The molecule has 21 heavy (non-hydrogen) atoms. The fraction of sp³-hybridized carbons (Fsp3) is 0.200. The van der Waals surface area contributed by atoms with E-state index in [0.717, 1.165) is 11.3 Å². The number of ether oxygens (including phenoxy) is 3. The molecule has 1 heterocycles. The average molecular weight is 326 g/mol. The molecule has 0 aromatic heterocycles. The van der Waals surface area contributed by atoms with Crippen LogP contribution >= 0.6 is 23.2 Å². The normalized spacial score (nSPS) is 12.3. The topological polar surface area (TPSA) is 39.7 Å². The number of nitrogens with one attached hydrogen (secondary N) is 1. The van der Waals surface area contributed by atoms with E-state index in [-0.39, 0.29) is 6.79 Å². The van der Waals surface area contributed by atoms with E-state index in [2.05, 4.69) is 5.32 Å². The number of anilines is 1. The second-order valence-corrected chi connectivity index (χ2v) is 5.33. The molecule has 1 aliphatic rings. The van der Waals surface area contributed by atoms with Crippen molar-refractivity contribution in [1.29, 1.82) is 0 Å². The standard InChI is InChI=1S/C15H13Cl2NO3/c1-19-13-4-9(5-14-15(13)21-8-20-14)7-18-10-2-3-11(16)12(17)6-10/h2-6,18H,7-8H2,1H3. The zero-order valence-electron chi connectivity index (χ0n) is 11.3.